The average Bonchev–Trinajstić information content (AvgIpc) is 3.41. The minimum Gasteiger partial charge on any atom is -0.507 e. The summed E-state index contributed by atoms with van der Waals surface area (Å²) in [6.45, 7) is 4.23. The molecule has 2 aromatic rings. The number of phenolic OH excluding ortho intramolecular Hbond substituents is 1. The predicted octanol–water partition coefficient (Wildman–Crippen LogP) is 3.54. The lowest BCUT2D eigenvalue weighted by Gasteiger charge is -2.30. The topological polar surface area (TPSA) is 61.3 Å². The molecule has 1 aromatic heterocycles. The summed E-state index contributed by atoms with van der Waals surface area (Å²) in [5, 5.41) is 22.6. The molecule has 5 heteroatoms. The van der Waals surface area contributed by atoms with Gasteiger partial charge in [0.15, 0.2) is 0 Å². The zero-order valence-corrected chi connectivity index (χ0v) is 15.0. The number of aromatic nitrogens is 2. The van der Waals surface area contributed by atoms with E-state index in [0.717, 1.165) is 42.1 Å². The number of phenols is 1. The first-order valence-electron chi connectivity index (χ1n) is 9.23. The molecule has 2 aliphatic rings. The Kier molecular flexibility index (Phi) is 4.34. The number of hydrogen-bond donors (Lipinski definition) is 2. The molecule has 25 heavy (non-hydrogen) atoms. The standard InChI is InChI=1S/C20H26N4O/c1-13-10-15(14-5-6-14)11-18(25)20(13)17-7-8-19(23-22-17)21-16-4-3-9-24(2)12-16/h7-8,10-11,14,16,25H,3-6,9,12H2,1-2H3,(H,21,23)/t16-/m1/s1. The fourth-order valence-corrected chi connectivity index (χ4v) is 3.82. The van der Waals surface area contributed by atoms with Gasteiger partial charge in [0.2, 0.25) is 0 Å². The molecule has 132 valence electrons. The second-order valence-corrected chi connectivity index (χ2v) is 7.56. The third-order valence-corrected chi connectivity index (χ3v) is 5.28. The summed E-state index contributed by atoms with van der Waals surface area (Å²) >= 11 is 0. The Morgan fingerprint density at radius 2 is 2.00 bits per heavy atom. The fourth-order valence-electron chi connectivity index (χ4n) is 3.82. The van der Waals surface area contributed by atoms with Crippen molar-refractivity contribution < 1.29 is 5.11 Å². The summed E-state index contributed by atoms with van der Waals surface area (Å²) in [6, 6.07) is 8.40. The van der Waals surface area contributed by atoms with Gasteiger partial charge >= 0.3 is 0 Å². The molecule has 5 nitrogen and oxygen atoms in total. The van der Waals surface area contributed by atoms with Crippen molar-refractivity contribution in [3.8, 4) is 17.0 Å². The van der Waals surface area contributed by atoms with Crippen LogP contribution < -0.4 is 5.32 Å². The summed E-state index contributed by atoms with van der Waals surface area (Å²) in [5.41, 5.74) is 3.82. The summed E-state index contributed by atoms with van der Waals surface area (Å²) in [7, 11) is 2.15. The first-order chi connectivity index (χ1) is 12.1. The van der Waals surface area contributed by atoms with Gasteiger partial charge in [-0.25, -0.2) is 0 Å². The van der Waals surface area contributed by atoms with Gasteiger partial charge in [0.25, 0.3) is 0 Å². The molecule has 0 bridgehead atoms. The third-order valence-electron chi connectivity index (χ3n) is 5.28. The molecule has 2 N–H and O–H groups in total. The highest BCUT2D eigenvalue weighted by Gasteiger charge is 2.25. The Labute approximate surface area is 149 Å². The zero-order valence-electron chi connectivity index (χ0n) is 15.0. The average molecular weight is 338 g/mol. The Morgan fingerprint density at radius 1 is 1.16 bits per heavy atom. The molecule has 2 fully saturated rings. The normalized spacial score (nSPS) is 21.3. The number of likely N-dealkylation sites (tertiary alicyclic amines) is 1. The van der Waals surface area contributed by atoms with Crippen molar-refractivity contribution in [1.82, 2.24) is 15.1 Å². The lowest BCUT2D eigenvalue weighted by Crippen LogP contribution is -2.39. The van der Waals surface area contributed by atoms with Crippen LogP contribution >= 0.6 is 0 Å². The van der Waals surface area contributed by atoms with Crippen molar-refractivity contribution in [3.63, 3.8) is 0 Å². The molecular weight excluding hydrogens is 312 g/mol. The Bertz CT molecular complexity index is 732. The maximum absolute atomic E-state index is 10.5. The third kappa shape index (κ3) is 3.61. The smallest absolute Gasteiger partial charge is 0.148 e. The number of anilines is 1. The van der Waals surface area contributed by atoms with Gasteiger partial charge in [-0.2, -0.15) is 0 Å². The minimum absolute atomic E-state index is 0.311. The van der Waals surface area contributed by atoms with E-state index in [0.29, 0.717) is 17.7 Å². The van der Waals surface area contributed by atoms with E-state index in [2.05, 4.69) is 33.5 Å². The van der Waals surface area contributed by atoms with Crippen molar-refractivity contribution in [2.24, 2.45) is 0 Å². The van der Waals surface area contributed by atoms with Crippen LogP contribution in [0.5, 0.6) is 5.75 Å². The lowest BCUT2D eigenvalue weighted by molar-refractivity contribution is 0.260. The number of nitrogens with zero attached hydrogens (tertiary/aromatic N) is 3. The Morgan fingerprint density at radius 3 is 2.64 bits per heavy atom. The van der Waals surface area contributed by atoms with Crippen LogP contribution in [0.15, 0.2) is 24.3 Å². The highest BCUT2D eigenvalue weighted by Crippen LogP contribution is 2.43. The number of piperidine rings is 1. The number of rotatable bonds is 4. The van der Waals surface area contributed by atoms with Gasteiger partial charge in [0.05, 0.1) is 5.69 Å². The first-order valence-corrected chi connectivity index (χ1v) is 9.23. The van der Waals surface area contributed by atoms with Crippen LogP contribution in [-0.4, -0.2) is 46.4 Å². The highest BCUT2D eigenvalue weighted by molar-refractivity contribution is 5.71. The Balaban J connectivity index is 1.52. The number of aryl methyl sites for hydroxylation is 1. The zero-order chi connectivity index (χ0) is 17.4. The Hall–Kier alpha value is -2.14. The van der Waals surface area contributed by atoms with E-state index in [1.165, 1.54) is 24.8 Å². The summed E-state index contributed by atoms with van der Waals surface area (Å²) < 4.78 is 0. The van der Waals surface area contributed by atoms with E-state index in [1.807, 2.05) is 25.1 Å². The molecule has 1 aromatic carbocycles. The van der Waals surface area contributed by atoms with E-state index in [4.69, 9.17) is 0 Å². The molecule has 1 aliphatic heterocycles. The monoisotopic (exact) mass is 338 g/mol. The molecule has 4 rings (SSSR count). The summed E-state index contributed by atoms with van der Waals surface area (Å²) in [5.74, 6) is 1.74. The molecule has 1 saturated heterocycles. The quantitative estimate of drug-likeness (QED) is 0.893. The van der Waals surface area contributed by atoms with Crippen LogP contribution in [0, 0.1) is 6.92 Å². The summed E-state index contributed by atoms with van der Waals surface area (Å²) in [4.78, 5) is 2.34. The van der Waals surface area contributed by atoms with Gasteiger partial charge in [-0.1, -0.05) is 6.07 Å². The van der Waals surface area contributed by atoms with Gasteiger partial charge in [-0.3, -0.25) is 0 Å². The van der Waals surface area contributed by atoms with Crippen LogP contribution in [0.2, 0.25) is 0 Å². The van der Waals surface area contributed by atoms with Crippen LogP contribution in [0.3, 0.4) is 0 Å². The SMILES string of the molecule is Cc1cc(C2CC2)cc(O)c1-c1ccc(N[C@@H]2CCCN(C)C2)nn1. The molecule has 1 saturated carbocycles. The van der Waals surface area contributed by atoms with E-state index in [9.17, 15) is 5.11 Å². The number of nitrogens with one attached hydrogen (secondary N) is 1. The molecule has 2 heterocycles. The number of aromatic hydroxyl groups is 1. The van der Waals surface area contributed by atoms with E-state index in [1.54, 1.807) is 0 Å². The van der Waals surface area contributed by atoms with Crippen molar-refractivity contribution >= 4 is 5.82 Å². The van der Waals surface area contributed by atoms with Crippen LogP contribution in [0.4, 0.5) is 5.82 Å². The van der Waals surface area contributed by atoms with Crippen molar-refractivity contribution in [1.29, 1.82) is 0 Å². The van der Waals surface area contributed by atoms with E-state index in [-0.39, 0.29) is 0 Å². The summed E-state index contributed by atoms with van der Waals surface area (Å²) in [6.07, 6.45) is 4.83. The van der Waals surface area contributed by atoms with Gasteiger partial charge in [-0.15, -0.1) is 10.2 Å². The lowest BCUT2D eigenvalue weighted by atomic mass is 9.99. The second-order valence-electron chi connectivity index (χ2n) is 7.56. The van der Waals surface area contributed by atoms with Gasteiger partial charge in [-0.05, 0) is 81.4 Å². The maximum Gasteiger partial charge on any atom is 0.148 e. The van der Waals surface area contributed by atoms with Crippen LogP contribution in [0.25, 0.3) is 11.3 Å². The van der Waals surface area contributed by atoms with Crippen molar-refractivity contribution in [3.05, 3.63) is 35.4 Å². The number of benzene rings is 1. The van der Waals surface area contributed by atoms with Gasteiger partial charge in [0, 0.05) is 18.2 Å². The molecule has 1 aliphatic carbocycles. The van der Waals surface area contributed by atoms with Crippen molar-refractivity contribution in [2.75, 3.05) is 25.5 Å². The van der Waals surface area contributed by atoms with Crippen LogP contribution in [-0.2, 0) is 0 Å². The number of likely N-dealkylation sites (N-methyl/N-ethyl adjacent to an activating group) is 1. The van der Waals surface area contributed by atoms with E-state index >= 15 is 0 Å². The molecule has 0 spiro atoms. The predicted molar refractivity (Wildman–Crippen MR) is 100.0 cm³/mol. The van der Waals surface area contributed by atoms with E-state index < -0.39 is 0 Å². The fraction of sp³-hybridized carbons (Fsp3) is 0.500. The second kappa shape index (κ2) is 6.64. The molecule has 0 unspecified atom stereocenters. The van der Waals surface area contributed by atoms with Crippen LogP contribution in [0.1, 0.15) is 42.7 Å². The minimum atomic E-state index is 0.311. The van der Waals surface area contributed by atoms with Crippen molar-refractivity contribution in [2.45, 2.75) is 44.6 Å². The van der Waals surface area contributed by atoms with Gasteiger partial charge in [0.1, 0.15) is 11.6 Å². The largest absolute Gasteiger partial charge is 0.507 e. The highest BCUT2D eigenvalue weighted by atomic mass is 16.3. The molecule has 0 radical (unpaired) electrons. The van der Waals surface area contributed by atoms with Gasteiger partial charge < -0.3 is 15.3 Å². The molecular formula is C20H26N4O. The maximum atomic E-state index is 10.5. The number of hydrogen-bond acceptors (Lipinski definition) is 5. The molecule has 1 atom stereocenters. The molecule has 0 amide bonds. The first kappa shape index (κ1) is 16.3.